The Balaban J connectivity index is 1.55. The summed E-state index contributed by atoms with van der Waals surface area (Å²) < 4.78 is 2.17. The van der Waals surface area contributed by atoms with Crippen molar-refractivity contribution in [3.63, 3.8) is 0 Å². The van der Waals surface area contributed by atoms with Gasteiger partial charge in [0, 0.05) is 33.4 Å². The van der Waals surface area contributed by atoms with Gasteiger partial charge in [0.15, 0.2) is 0 Å². The maximum atomic E-state index is 12.0. The molecule has 1 heterocycles. The van der Waals surface area contributed by atoms with E-state index in [0.29, 0.717) is 11.5 Å². The average Bonchev–Trinajstić information content (AvgIpc) is 2.97. The fraction of sp³-hybridized carbons (Fsp3) is 0.182. The Morgan fingerprint density at radius 2 is 1.86 bits per heavy atom. The number of nitrogens with one attached hydrogen (secondary N) is 1. The third kappa shape index (κ3) is 5.06. The smallest absolute Gasteiger partial charge is 0.250 e. The van der Waals surface area contributed by atoms with E-state index in [1.807, 2.05) is 49.4 Å². The zero-order valence-electron chi connectivity index (χ0n) is 15.9. The largest absolute Gasteiger partial charge is 0.318 e. The lowest BCUT2D eigenvalue weighted by atomic mass is 10.2. The molecule has 0 radical (unpaired) electrons. The molecule has 0 saturated heterocycles. The van der Waals surface area contributed by atoms with Gasteiger partial charge in [-0.1, -0.05) is 48.0 Å². The van der Waals surface area contributed by atoms with Crippen LogP contribution in [0.15, 0.2) is 65.8 Å². The summed E-state index contributed by atoms with van der Waals surface area (Å²) in [6.07, 6.45) is 1.69. The molecule has 0 aliphatic rings. The molecule has 4 nitrogen and oxygen atoms in total. The van der Waals surface area contributed by atoms with Gasteiger partial charge in [0.25, 0.3) is 0 Å². The Labute approximate surface area is 174 Å². The molecule has 144 valence electrons. The lowest BCUT2D eigenvalue weighted by Gasteiger charge is -2.08. The molecule has 0 atom stereocenters. The molecule has 0 fully saturated rings. The summed E-state index contributed by atoms with van der Waals surface area (Å²) in [5.41, 5.74) is 7.90. The van der Waals surface area contributed by atoms with Gasteiger partial charge in [-0.2, -0.15) is 5.10 Å². The first-order valence-electron chi connectivity index (χ1n) is 8.93. The van der Waals surface area contributed by atoms with Crippen molar-refractivity contribution in [2.75, 3.05) is 5.75 Å². The predicted octanol–water partition coefficient (Wildman–Crippen LogP) is 5.13. The molecule has 6 heteroatoms. The van der Waals surface area contributed by atoms with Crippen LogP contribution in [0.25, 0.3) is 5.69 Å². The highest BCUT2D eigenvalue weighted by atomic mass is 35.5. The monoisotopic (exact) mass is 411 g/mol. The lowest BCUT2D eigenvalue weighted by molar-refractivity contribution is -0.118. The summed E-state index contributed by atoms with van der Waals surface area (Å²) in [6, 6.07) is 19.9. The van der Waals surface area contributed by atoms with Crippen molar-refractivity contribution in [1.82, 2.24) is 9.99 Å². The standard InChI is InChI=1S/C22H22ClN3OS/c1-16-12-19(17(2)26(16)20-9-4-3-5-10-20)13-24-25-22(27)15-28-14-18-8-6-7-11-21(18)23/h3-13H,14-15H2,1-2H3,(H,25,27)/b24-13+. The number of halogens is 1. The first-order valence-corrected chi connectivity index (χ1v) is 10.5. The molecule has 0 unspecified atom stereocenters. The van der Waals surface area contributed by atoms with Crippen LogP contribution in [0.5, 0.6) is 0 Å². The molecule has 0 aliphatic carbocycles. The minimum absolute atomic E-state index is 0.134. The number of amides is 1. The molecule has 2 aromatic carbocycles. The van der Waals surface area contributed by atoms with Crippen LogP contribution in [-0.4, -0.2) is 22.4 Å². The predicted molar refractivity (Wildman–Crippen MR) is 119 cm³/mol. The van der Waals surface area contributed by atoms with Crippen molar-refractivity contribution in [3.8, 4) is 5.69 Å². The van der Waals surface area contributed by atoms with Gasteiger partial charge in [0.1, 0.15) is 0 Å². The molecule has 0 bridgehead atoms. The summed E-state index contributed by atoms with van der Waals surface area (Å²) >= 11 is 7.63. The molecule has 0 spiro atoms. The van der Waals surface area contributed by atoms with E-state index in [4.69, 9.17) is 11.6 Å². The second-order valence-electron chi connectivity index (χ2n) is 6.37. The van der Waals surface area contributed by atoms with Crippen molar-refractivity contribution in [2.24, 2.45) is 5.10 Å². The molecule has 1 N–H and O–H groups in total. The van der Waals surface area contributed by atoms with E-state index in [1.165, 1.54) is 11.8 Å². The van der Waals surface area contributed by atoms with Crippen molar-refractivity contribution in [3.05, 3.63) is 88.2 Å². The summed E-state index contributed by atoms with van der Waals surface area (Å²) in [7, 11) is 0. The zero-order chi connectivity index (χ0) is 19.9. The summed E-state index contributed by atoms with van der Waals surface area (Å²) in [5, 5.41) is 4.84. The number of thioether (sulfide) groups is 1. The van der Waals surface area contributed by atoms with Gasteiger partial charge in [0.05, 0.1) is 12.0 Å². The normalized spacial score (nSPS) is 11.1. The van der Waals surface area contributed by atoms with E-state index < -0.39 is 0 Å². The SMILES string of the molecule is Cc1cc(/C=N/NC(=O)CSCc2ccccc2Cl)c(C)n1-c1ccccc1. The summed E-state index contributed by atoms with van der Waals surface area (Å²) in [6.45, 7) is 4.10. The molecule has 28 heavy (non-hydrogen) atoms. The van der Waals surface area contributed by atoms with Crippen LogP contribution in [-0.2, 0) is 10.5 Å². The number of benzene rings is 2. The van der Waals surface area contributed by atoms with Crippen LogP contribution >= 0.6 is 23.4 Å². The van der Waals surface area contributed by atoms with E-state index in [9.17, 15) is 4.79 Å². The van der Waals surface area contributed by atoms with Gasteiger partial charge >= 0.3 is 0 Å². The molecular formula is C22H22ClN3OS. The van der Waals surface area contributed by atoms with Crippen LogP contribution in [0.3, 0.4) is 0 Å². The number of carbonyl (C=O) groups is 1. The minimum Gasteiger partial charge on any atom is -0.318 e. The maximum Gasteiger partial charge on any atom is 0.250 e. The van der Waals surface area contributed by atoms with Gasteiger partial charge in [0.2, 0.25) is 5.91 Å². The van der Waals surface area contributed by atoms with E-state index >= 15 is 0 Å². The number of rotatable bonds is 7. The number of carbonyl (C=O) groups excluding carboxylic acids is 1. The minimum atomic E-state index is -0.134. The van der Waals surface area contributed by atoms with Crippen molar-refractivity contribution in [1.29, 1.82) is 0 Å². The number of hydrogen-bond donors (Lipinski definition) is 1. The number of aryl methyl sites for hydroxylation is 1. The summed E-state index contributed by atoms with van der Waals surface area (Å²) in [5.74, 6) is 0.880. The Hall–Kier alpha value is -2.50. The van der Waals surface area contributed by atoms with Crippen molar-refractivity contribution < 1.29 is 4.79 Å². The number of aromatic nitrogens is 1. The van der Waals surface area contributed by atoms with Crippen LogP contribution in [0.4, 0.5) is 0 Å². The fourth-order valence-electron chi connectivity index (χ4n) is 2.97. The van der Waals surface area contributed by atoms with Crippen LogP contribution in [0, 0.1) is 13.8 Å². The van der Waals surface area contributed by atoms with E-state index in [-0.39, 0.29) is 5.91 Å². The highest BCUT2D eigenvalue weighted by Crippen LogP contribution is 2.21. The third-order valence-electron chi connectivity index (χ3n) is 4.33. The van der Waals surface area contributed by atoms with Gasteiger partial charge in [-0.25, -0.2) is 5.43 Å². The summed E-state index contributed by atoms with van der Waals surface area (Å²) in [4.78, 5) is 12.0. The second-order valence-corrected chi connectivity index (χ2v) is 7.77. The quantitative estimate of drug-likeness (QED) is 0.432. The number of hydrogen-bond acceptors (Lipinski definition) is 3. The Morgan fingerprint density at radius 1 is 1.14 bits per heavy atom. The van der Waals surface area contributed by atoms with Crippen molar-refractivity contribution in [2.45, 2.75) is 19.6 Å². The highest BCUT2D eigenvalue weighted by Gasteiger charge is 2.09. The molecule has 0 aliphatic heterocycles. The van der Waals surface area contributed by atoms with Gasteiger partial charge in [-0.3, -0.25) is 4.79 Å². The maximum absolute atomic E-state index is 12.0. The van der Waals surface area contributed by atoms with E-state index in [0.717, 1.165) is 33.2 Å². The Bertz CT molecular complexity index is 983. The van der Waals surface area contributed by atoms with E-state index in [2.05, 4.69) is 40.2 Å². The lowest BCUT2D eigenvalue weighted by Crippen LogP contribution is -2.19. The van der Waals surface area contributed by atoms with Crippen LogP contribution in [0.1, 0.15) is 22.5 Å². The Morgan fingerprint density at radius 3 is 2.61 bits per heavy atom. The Kier molecular flexibility index (Phi) is 6.95. The molecule has 0 saturated carbocycles. The first-order chi connectivity index (χ1) is 13.6. The van der Waals surface area contributed by atoms with E-state index in [1.54, 1.807) is 6.21 Å². The van der Waals surface area contributed by atoms with Crippen LogP contribution in [0.2, 0.25) is 5.02 Å². The third-order valence-corrected chi connectivity index (χ3v) is 5.68. The number of para-hydroxylation sites is 1. The fourth-order valence-corrected chi connectivity index (χ4v) is 4.07. The molecule has 1 aromatic heterocycles. The molecule has 1 amide bonds. The highest BCUT2D eigenvalue weighted by molar-refractivity contribution is 7.99. The van der Waals surface area contributed by atoms with Gasteiger partial charge < -0.3 is 4.57 Å². The van der Waals surface area contributed by atoms with Crippen LogP contribution < -0.4 is 5.43 Å². The zero-order valence-corrected chi connectivity index (χ0v) is 17.4. The molecule has 3 rings (SSSR count). The topological polar surface area (TPSA) is 46.4 Å². The second kappa shape index (κ2) is 9.62. The van der Waals surface area contributed by atoms with Gasteiger partial charge in [-0.15, -0.1) is 11.8 Å². The number of hydrazone groups is 1. The van der Waals surface area contributed by atoms with Crippen molar-refractivity contribution >= 4 is 35.5 Å². The van der Waals surface area contributed by atoms with Gasteiger partial charge in [-0.05, 0) is 43.7 Å². The molecular weight excluding hydrogens is 390 g/mol. The first kappa shape index (κ1) is 20.2. The number of nitrogens with zero attached hydrogens (tertiary/aromatic N) is 2. The average molecular weight is 412 g/mol. The molecule has 3 aromatic rings.